The Hall–Kier alpha value is -4.64. The summed E-state index contributed by atoms with van der Waals surface area (Å²) >= 11 is 0. The first-order valence-corrected chi connectivity index (χ1v) is 11.7. The zero-order valence-corrected chi connectivity index (χ0v) is 20.1. The summed E-state index contributed by atoms with van der Waals surface area (Å²) in [5.74, 6) is 1.93. The molecule has 0 bridgehead atoms. The molecule has 1 aliphatic rings. The third-order valence-corrected chi connectivity index (χ3v) is 6.03. The topological polar surface area (TPSA) is 59.9 Å². The van der Waals surface area contributed by atoms with Gasteiger partial charge in [0.15, 0.2) is 0 Å². The molecule has 0 spiro atoms. The molecule has 4 aromatic carbocycles. The zero-order chi connectivity index (χ0) is 24.9. The molecule has 5 rings (SSSR count). The lowest BCUT2D eigenvalue weighted by Gasteiger charge is -2.30. The fourth-order valence-corrected chi connectivity index (χ4v) is 4.44. The molecular weight excluding hydrogens is 448 g/mol. The Morgan fingerprint density at radius 3 is 2.33 bits per heavy atom. The summed E-state index contributed by atoms with van der Waals surface area (Å²) in [7, 11) is 1.57. The minimum Gasteiger partial charge on any atom is -0.495 e. The number of fused-ring (bicyclic) bond motifs is 1. The van der Waals surface area contributed by atoms with Crippen molar-refractivity contribution in [1.29, 1.82) is 0 Å². The van der Waals surface area contributed by atoms with Crippen molar-refractivity contribution in [3.8, 4) is 11.5 Å². The maximum atomic E-state index is 11.7. The first-order chi connectivity index (χ1) is 17.6. The van der Waals surface area contributed by atoms with Gasteiger partial charge < -0.3 is 14.8 Å². The summed E-state index contributed by atoms with van der Waals surface area (Å²) in [4.78, 5) is 16.5. The smallest absolute Gasteiger partial charge is 0.221 e. The van der Waals surface area contributed by atoms with E-state index in [2.05, 4.69) is 23.5 Å². The molecular formula is C31H26N2O3. The predicted octanol–water partition coefficient (Wildman–Crippen LogP) is 6.99. The van der Waals surface area contributed by atoms with Crippen molar-refractivity contribution in [2.45, 2.75) is 12.8 Å². The Morgan fingerprint density at radius 2 is 1.61 bits per heavy atom. The predicted molar refractivity (Wildman–Crippen MR) is 144 cm³/mol. The number of hydrogen-bond acceptors (Lipinski definition) is 4. The van der Waals surface area contributed by atoms with E-state index in [-0.39, 0.29) is 11.8 Å². The van der Waals surface area contributed by atoms with Crippen LogP contribution in [0.25, 0.3) is 5.76 Å². The van der Waals surface area contributed by atoms with E-state index in [1.54, 1.807) is 19.2 Å². The van der Waals surface area contributed by atoms with Gasteiger partial charge in [-0.05, 0) is 29.8 Å². The Morgan fingerprint density at radius 1 is 0.917 bits per heavy atom. The monoisotopic (exact) mass is 474 g/mol. The number of allylic oxidation sites excluding steroid dienone is 1. The molecule has 0 aromatic heterocycles. The number of carbonyl (C=O) groups is 1. The minimum absolute atomic E-state index is 0.0665. The number of para-hydroxylation sites is 1. The molecule has 1 N–H and O–H groups in total. The van der Waals surface area contributed by atoms with E-state index < -0.39 is 0 Å². The molecule has 1 amide bonds. The van der Waals surface area contributed by atoms with Gasteiger partial charge in [0.2, 0.25) is 5.91 Å². The van der Waals surface area contributed by atoms with E-state index in [0.29, 0.717) is 17.1 Å². The standard InChI is InChI=1S/C31H26N2O3/c1-21(34)33-27-19-24(17-18-29(27)35-2)32-20-26-30(22-11-5-3-6-12-22)25-15-9-10-16-28(25)36-31(26)23-13-7-4-8-14-23/h3-20,30H,1-2H3,(H,33,34)/t30-/m1/s1. The van der Waals surface area contributed by atoms with Crippen molar-refractivity contribution in [2.24, 2.45) is 4.99 Å². The average molecular weight is 475 g/mol. The third kappa shape index (κ3) is 4.77. The van der Waals surface area contributed by atoms with Gasteiger partial charge in [0, 0.05) is 35.8 Å². The number of nitrogens with zero attached hydrogens (tertiary/aromatic N) is 1. The second kappa shape index (κ2) is 10.3. The average Bonchev–Trinajstić information content (AvgIpc) is 2.92. The number of rotatable bonds is 6. The third-order valence-electron chi connectivity index (χ3n) is 6.03. The van der Waals surface area contributed by atoms with Gasteiger partial charge in [0.1, 0.15) is 17.3 Å². The van der Waals surface area contributed by atoms with E-state index in [1.165, 1.54) is 6.92 Å². The van der Waals surface area contributed by atoms with Crippen LogP contribution in [0.5, 0.6) is 11.5 Å². The Balaban J connectivity index is 1.67. The molecule has 178 valence electrons. The van der Waals surface area contributed by atoms with Gasteiger partial charge in [-0.1, -0.05) is 78.9 Å². The number of anilines is 1. The molecule has 1 atom stereocenters. The fraction of sp³-hybridized carbons (Fsp3) is 0.0968. The second-order valence-corrected chi connectivity index (χ2v) is 8.46. The van der Waals surface area contributed by atoms with Gasteiger partial charge in [-0.25, -0.2) is 0 Å². The van der Waals surface area contributed by atoms with Crippen molar-refractivity contribution >= 4 is 29.3 Å². The van der Waals surface area contributed by atoms with E-state index in [9.17, 15) is 4.79 Å². The van der Waals surface area contributed by atoms with Crippen LogP contribution in [0.15, 0.2) is 114 Å². The highest BCUT2D eigenvalue weighted by Gasteiger charge is 2.30. The van der Waals surface area contributed by atoms with Crippen LogP contribution in [0.1, 0.15) is 29.5 Å². The van der Waals surface area contributed by atoms with Crippen molar-refractivity contribution in [1.82, 2.24) is 0 Å². The maximum absolute atomic E-state index is 11.7. The second-order valence-electron chi connectivity index (χ2n) is 8.46. The fourth-order valence-electron chi connectivity index (χ4n) is 4.44. The number of methoxy groups -OCH3 is 1. The van der Waals surface area contributed by atoms with Crippen LogP contribution in [0, 0.1) is 0 Å². The molecule has 5 heteroatoms. The normalized spacial score (nSPS) is 14.8. The maximum Gasteiger partial charge on any atom is 0.221 e. The molecule has 36 heavy (non-hydrogen) atoms. The Kier molecular flexibility index (Phi) is 6.63. The zero-order valence-electron chi connectivity index (χ0n) is 20.1. The van der Waals surface area contributed by atoms with Gasteiger partial charge in [0.05, 0.1) is 18.5 Å². The lowest BCUT2D eigenvalue weighted by molar-refractivity contribution is -0.114. The van der Waals surface area contributed by atoms with E-state index in [1.807, 2.05) is 79.0 Å². The first-order valence-electron chi connectivity index (χ1n) is 11.7. The van der Waals surface area contributed by atoms with Crippen LogP contribution in [-0.2, 0) is 4.79 Å². The van der Waals surface area contributed by atoms with E-state index >= 15 is 0 Å². The van der Waals surface area contributed by atoms with Crippen LogP contribution in [-0.4, -0.2) is 19.2 Å². The van der Waals surface area contributed by atoms with Gasteiger partial charge in [-0.3, -0.25) is 9.79 Å². The van der Waals surface area contributed by atoms with Crippen molar-refractivity contribution in [2.75, 3.05) is 12.4 Å². The molecule has 0 fully saturated rings. The molecule has 0 aliphatic carbocycles. The van der Waals surface area contributed by atoms with Gasteiger partial charge >= 0.3 is 0 Å². The van der Waals surface area contributed by atoms with Crippen LogP contribution in [0.4, 0.5) is 11.4 Å². The van der Waals surface area contributed by atoms with Crippen LogP contribution in [0.2, 0.25) is 0 Å². The molecule has 0 unspecified atom stereocenters. The lowest BCUT2D eigenvalue weighted by atomic mass is 9.81. The Labute approximate surface area is 210 Å². The van der Waals surface area contributed by atoms with Crippen molar-refractivity contribution < 1.29 is 14.3 Å². The highest BCUT2D eigenvalue weighted by molar-refractivity contribution is 5.96. The number of aliphatic imine (C=N–C) groups is 1. The number of benzene rings is 4. The van der Waals surface area contributed by atoms with E-state index in [4.69, 9.17) is 14.5 Å². The van der Waals surface area contributed by atoms with Crippen LogP contribution >= 0.6 is 0 Å². The molecule has 4 aromatic rings. The SMILES string of the molecule is COc1ccc(N=CC2=C(c3ccccc3)Oc3ccccc3[C@H]2c2ccccc2)cc1NC(C)=O. The van der Waals surface area contributed by atoms with Crippen LogP contribution < -0.4 is 14.8 Å². The number of hydrogen-bond donors (Lipinski definition) is 1. The largest absolute Gasteiger partial charge is 0.495 e. The number of nitrogens with one attached hydrogen (secondary N) is 1. The molecule has 1 aliphatic heterocycles. The quantitative estimate of drug-likeness (QED) is 0.306. The summed E-state index contributed by atoms with van der Waals surface area (Å²) in [6.07, 6.45) is 1.87. The minimum atomic E-state index is -0.176. The van der Waals surface area contributed by atoms with Crippen molar-refractivity contribution in [3.63, 3.8) is 0 Å². The van der Waals surface area contributed by atoms with Gasteiger partial charge in [-0.2, -0.15) is 0 Å². The molecule has 0 saturated carbocycles. The van der Waals surface area contributed by atoms with Crippen LogP contribution in [0.3, 0.4) is 0 Å². The number of amides is 1. The summed E-state index contributed by atoms with van der Waals surface area (Å²) in [6.45, 7) is 1.47. The van der Waals surface area contributed by atoms with Gasteiger partial charge in [-0.15, -0.1) is 0 Å². The molecule has 5 nitrogen and oxygen atoms in total. The highest BCUT2D eigenvalue weighted by atomic mass is 16.5. The molecule has 0 radical (unpaired) electrons. The van der Waals surface area contributed by atoms with E-state index in [0.717, 1.165) is 33.8 Å². The number of carbonyl (C=O) groups excluding carboxylic acids is 1. The first kappa shape index (κ1) is 23.1. The molecule has 0 saturated heterocycles. The Bertz CT molecular complexity index is 1440. The molecule has 1 heterocycles. The van der Waals surface area contributed by atoms with Gasteiger partial charge in [0.25, 0.3) is 0 Å². The highest BCUT2D eigenvalue weighted by Crippen LogP contribution is 2.45. The van der Waals surface area contributed by atoms with Crippen molar-refractivity contribution in [3.05, 3.63) is 125 Å². The summed E-state index contributed by atoms with van der Waals surface area (Å²) in [6, 6.07) is 34.0. The lowest BCUT2D eigenvalue weighted by Crippen LogP contribution is -2.17. The summed E-state index contributed by atoms with van der Waals surface area (Å²) in [5.41, 5.74) is 5.41. The number of ether oxygens (including phenoxy) is 2. The summed E-state index contributed by atoms with van der Waals surface area (Å²) in [5, 5.41) is 2.81. The summed E-state index contributed by atoms with van der Waals surface area (Å²) < 4.78 is 11.9.